The van der Waals surface area contributed by atoms with E-state index in [-0.39, 0.29) is 0 Å². The van der Waals surface area contributed by atoms with Crippen LogP contribution in [0.15, 0.2) is 108 Å². The summed E-state index contributed by atoms with van der Waals surface area (Å²) in [6, 6.07) is 30.0. The molecule has 3 aromatic carbocycles. The lowest BCUT2D eigenvalue weighted by atomic mass is 10.3. The van der Waals surface area contributed by atoms with Gasteiger partial charge in [0.1, 0.15) is 0 Å². The second-order valence-corrected chi connectivity index (χ2v) is 5.40. The Morgan fingerprint density at radius 1 is 0.760 bits per heavy atom. The van der Waals surface area contributed by atoms with E-state index in [0.717, 1.165) is 22.6 Å². The molecule has 0 aliphatic carbocycles. The van der Waals surface area contributed by atoms with Gasteiger partial charge in [-0.25, -0.2) is 4.99 Å². The molecule has 3 nitrogen and oxygen atoms in total. The van der Waals surface area contributed by atoms with Crippen molar-refractivity contribution in [1.29, 1.82) is 0 Å². The van der Waals surface area contributed by atoms with Crippen LogP contribution in [0.2, 0.25) is 0 Å². The molecule has 2 N–H and O–H groups in total. The second-order valence-electron chi connectivity index (χ2n) is 5.40. The van der Waals surface area contributed by atoms with Gasteiger partial charge in [0, 0.05) is 30.2 Å². The zero-order valence-corrected chi connectivity index (χ0v) is 13.8. The van der Waals surface area contributed by atoms with Crippen LogP contribution in [0.5, 0.6) is 0 Å². The van der Waals surface area contributed by atoms with E-state index in [1.807, 2.05) is 110 Å². The molecule has 0 amide bonds. The van der Waals surface area contributed by atoms with E-state index >= 15 is 0 Å². The molecule has 0 fully saturated rings. The summed E-state index contributed by atoms with van der Waals surface area (Å²) in [6.07, 6.45) is 5.69. The Balaban J connectivity index is 1.80. The van der Waals surface area contributed by atoms with E-state index in [1.54, 1.807) is 0 Å². The standard InChI is InChI=1S/C22H19N3/c1-4-10-20(11-5-1)23-16-19(17-24-21-12-6-2-7-13-21)18-25-22-14-8-3-9-15-22/h1-18,23H/p+1. The van der Waals surface area contributed by atoms with Crippen LogP contribution in [0.3, 0.4) is 0 Å². The lowest BCUT2D eigenvalue weighted by Gasteiger charge is -2.00. The number of allylic oxidation sites excluding steroid dienone is 1. The van der Waals surface area contributed by atoms with Gasteiger partial charge in [0.2, 0.25) is 5.69 Å². The Labute approximate surface area is 148 Å². The van der Waals surface area contributed by atoms with Gasteiger partial charge in [-0.3, -0.25) is 4.99 Å². The SMILES string of the molecule is C(=Nc1ccccc1)C(C=[NH+]c1ccccc1)=CNc1ccccc1. The highest BCUT2D eigenvalue weighted by molar-refractivity contribution is 6.03. The number of aliphatic imine (C=N–C) groups is 1. The highest BCUT2D eigenvalue weighted by Gasteiger charge is 1.97. The Hall–Kier alpha value is -3.46. The fourth-order valence-corrected chi connectivity index (χ4v) is 2.18. The topological polar surface area (TPSA) is 38.4 Å². The molecule has 0 saturated heterocycles. The lowest BCUT2D eigenvalue weighted by Crippen LogP contribution is -2.61. The Bertz CT molecular complexity index is 800. The first-order valence-corrected chi connectivity index (χ1v) is 8.16. The second kappa shape index (κ2) is 8.99. The van der Waals surface area contributed by atoms with Crippen LogP contribution in [0.25, 0.3) is 0 Å². The van der Waals surface area contributed by atoms with Gasteiger partial charge in [-0.2, -0.15) is 0 Å². The highest BCUT2D eigenvalue weighted by Crippen LogP contribution is 2.10. The molecule has 0 unspecified atom stereocenters. The van der Waals surface area contributed by atoms with Crippen LogP contribution in [0.1, 0.15) is 0 Å². The minimum absolute atomic E-state index is 0.918. The minimum atomic E-state index is 0.918. The molecule has 25 heavy (non-hydrogen) atoms. The Morgan fingerprint density at radius 3 is 2.04 bits per heavy atom. The smallest absolute Gasteiger partial charge is 0.203 e. The van der Waals surface area contributed by atoms with Crippen LogP contribution >= 0.6 is 0 Å². The summed E-state index contributed by atoms with van der Waals surface area (Å²) in [4.78, 5) is 7.82. The molecule has 122 valence electrons. The van der Waals surface area contributed by atoms with Gasteiger partial charge in [0.05, 0.1) is 11.3 Å². The van der Waals surface area contributed by atoms with Gasteiger partial charge >= 0.3 is 0 Å². The molecule has 3 aromatic rings. The average molecular weight is 326 g/mol. The largest absolute Gasteiger partial charge is 0.361 e. The van der Waals surface area contributed by atoms with E-state index in [0.29, 0.717) is 0 Å². The third-order valence-electron chi connectivity index (χ3n) is 3.48. The predicted octanol–water partition coefficient (Wildman–Crippen LogP) is 3.87. The molecule has 0 aliphatic heterocycles. The van der Waals surface area contributed by atoms with E-state index in [4.69, 9.17) is 0 Å². The van der Waals surface area contributed by atoms with Gasteiger partial charge in [-0.1, -0.05) is 54.6 Å². The van der Waals surface area contributed by atoms with E-state index in [2.05, 4.69) is 15.3 Å². The van der Waals surface area contributed by atoms with Crippen LogP contribution in [0.4, 0.5) is 17.1 Å². The molecule has 0 saturated carbocycles. The molecule has 0 heterocycles. The number of nitrogens with one attached hydrogen (secondary N) is 2. The third-order valence-corrected chi connectivity index (χ3v) is 3.48. The monoisotopic (exact) mass is 326 g/mol. The maximum absolute atomic E-state index is 4.53. The van der Waals surface area contributed by atoms with Crippen LogP contribution < -0.4 is 10.3 Å². The molecule has 0 radical (unpaired) electrons. The van der Waals surface area contributed by atoms with Crippen molar-refractivity contribution in [3.63, 3.8) is 0 Å². The van der Waals surface area contributed by atoms with Crippen molar-refractivity contribution >= 4 is 29.5 Å². The predicted molar refractivity (Wildman–Crippen MR) is 106 cm³/mol. The van der Waals surface area contributed by atoms with Crippen LogP contribution in [-0.2, 0) is 0 Å². The molecule has 0 spiro atoms. The Kier molecular flexibility index (Phi) is 5.90. The molecule has 0 atom stereocenters. The number of para-hydroxylation sites is 3. The third kappa shape index (κ3) is 5.59. The number of benzene rings is 3. The number of hydrogen-bond acceptors (Lipinski definition) is 2. The van der Waals surface area contributed by atoms with Gasteiger partial charge in [0.15, 0.2) is 6.21 Å². The van der Waals surface area contributed by atoms with Crippen molar-refractivity contribution in [2.24, 2.45) is 4.99 Å². The first kappa shape index (κ1) is 16.4. The normalized spacial score (nSPS) is 11.9. The van der Waals surface area contributed by atoms with Crippen molar-refractivity contribution < 1.29 is 4.99 Å². The summed E-state index contributed by atoms with van der Waals surface area (Å²) < 4.78 is 0. The van der Waals surface area contributed by atoms with Gasteiger partial charge in [-0.05, 0) is 24.3 Å². The van der Waals surface area contributed by atoms with Crippen molar-refractivity contribution in [2.75, 3.05) is 5.32 Å². The first-order valence-electron chi connectivity index (χ1n) is 8.16. The van der Waals surface area contributed by atoms with E-state index in [1.165, 1.54) is 0 Å². The van der Waals surface area contributed by atoms with Crippen molar-refractivity contribution in [3.8, 4) is 0 Å². The average Bonchev–Trinajstić information content (AvgIpc) is 2.70. The summed E-state index contributed by atoms with van der Waals surface area (Å²) in [5.41, 5.74) is 3.90. The molecular weight excluding hydrogens is 306 g/mol. The van der Waals surface area contributed by atoms with Gasteiger partial charge < -0.3 is 5.32 Å². The number of anilines is 1. The maximum atomic E-state index is 4.53. The van der Waals surface area contributed by atoms with E-state index in [9.17, 15) is 0 Å². The summed E-state index contributed by atoms with van der Waals surface area (Å²) in [5, 5.41) is 3.29. The minimum Gasteiger partial charge on any atom is -0.361 e. The maximum Gasteiger partial charge on any atom is 0.203 e. The summed E-state index contributed by atoms with van der Waals surface area (Å²) in [6.45, 7) is 0. The molecule has 0 bridgehead atoms. The molecular formula is C22H20N3+. The summed E-state index contributed by atoms with van der Waals surface area (Å²) in [5.74, 6) is 0. The summed E-state index contributed by atoms with van der Waals surface area (Å²) in [7, 11) is 0. The molecule has 3 rings (SSSR count). The van der Waals surface area contributed by atoms with Crippen LogP contribution in [-0.4, -0.2) is 12.4 Å². The summed E-state index contributed by atoms with van der Waals surface area (Å²) >= 11 is 0. The van der Waals surface area contributed by atoms with E-state index < -0.39 is 0 Å². The molecule has 0 aromatic heterocycles. The Morgan fingerprint density at radius 2 is 1.36 bits per heavy atom. The highest BCUT2D eigenvalue weighted by atomic mass is 14.8. The molecule has 3 heteroatoms. The molecule has 0 aliphatic rings. The number of rotatable bonds is 6. The fraction of sp³-hybridized carbons (Fsp3) is 0. The fourth-order valence-electron chi connectivity index (χ4n) is 2.18. The lowest BCUT2D eigenvalue weighted by molar-refractivity contribution is -0.346. The van der Waals surface area contributed by atoms with Gasteiger partial charge in [0.25, 0.3) is 0 Å². The van der Waals surface area contributed by atoms with Crippen molar-refractivity contribution in [3.05, 3.63) is 103 Å². The zero-order valence-electron chi connectivity index (χ0n) is 13.8. The first-order chi connectivity index (χ1) is 12.4. The number of nitrogens with zero attached hydrogens (tertiary/aromatic N) is 1. The van der Waals surface area contributed by atoms with Crippen molar-refractivity contribution in [2.45, 2.75) is 0 Å². The van der Waals surface area contributed by atoms with Crippen molar-refractivity contribution in [1.82, 2.24) is 0 Å². The van der Waals surface area contributed by atoms with Gasteiger partial charge in [-0.15, -0.1) is 0 Å². The number of hydrogen-bond donors (Lipinski definition) is 2. The quantitative estimate of drug-likeness (QED) is 0.663. The van der Waals surface area contributed by atoms with Crippen LogP contribution in [0, 0.1) is 0 Å². The zero-order chi connectivity index (χ0) is 17.2.